The number of aromatic nitrogens is 1. The predicted molar refractivity (Wildman–Crippen MR) is 66.5 cm³/mol. The Bertz CT molecular complexity index is 339. The minimum absolute atomic E-state index is 0.0338. The molecule has 4 heteroatoms. The molecule has 0 spiro atoms. The summed E-state index contributed by atoms with van der Waals surface area (Å²) < 4.78 is 0. The highest BCUT2D eigenvalue weighted by molar-refractivity contribution is 5.78. The summed E-state index contributed by atoms with van der Waals surface area (Å²) in [7, 11) is 0. The third-order valence-corrected chi connectivity index (χ3v) is 3.13. The SMILES string of the molecule is CCC(CC)(CO)NC(=O)Cc1ccccn1. The lowest BCUT2D eigenvalue weighted by molar-refractivity contribution is -0.123. The number of aliphatic hydroxyl groups is 1. The minimum atomic E-state index is -0.494. The molecule has 17 heavy (non-hydrogen) atoms. The number of amides is 1. The highest BCUT2D eigenvalue weighted by Crippen LogP contribution is 2.14. The topological polar surface area (TPSA) is 62.2 Å². The van der Waals surface area contributed by atoms with Gasteiger partial charge in [0.15, 0.2) is 0 Å². The largest absolute Gasteiger partial charge is 0.394 e. The third-order valence-electron chi connectivity index (χ3n) is 3.13. The normalized spacial score (nSPS) is 11.2. The zero-order chi connectivity index (χ0) is 12.7. The van der Waals surface area contributed by atoms with Crippen molar-refractivity contribution in [1.82, 2.24) is 10.3 Å². The van der Waals surface area contributed by atoms with Gasteiger partial charge in [0, 0.05) is 11.9 Å². The van der Waals surface area contributed by atoms with Crippen molar-refractivity contribution < 1.29 is 9.90 Å². The van der Waals surface area contributed by atoms with Crippen LogP contribution in [0.15, 0.2) is 24.4 Å². The van der Waals surface area contributed by atoms with Gasteiger partial charge in [-0.2, -0.15) is 0 Å². The molecule has 0 aliphatic rings. The molecular weight excluding hydrogens is 216 g/mol. The van der Waals surface area contributed by atoms with E-state index in [1.807, 2.05) is 32.0 Å². The average molecular weight is 236 g/mol. The third kappa shape index (κ3) is 3.82. The quantitative estimate of drug-likeness (QED) is 0.782. The van der Waals surface area contributed by atoms with Crippen LogP contribution in [0.5, 0.6) is 0 Å². The van der Waals surface area contributed by atoms with Crippen molar-refractivity contribution in [3.05, 3.63) is 30.1 Å². The van der Waals surface area contributed by atoms with Crippen LogP contribution in [0.4, 0.5) is 0 Å². The van der Waals surface area contributed by atoms with Gasteiger partial charge in [0.05, 0.1) is 18.6 Å². The van der Waals surface area contributed by atoms with Crippen LogP contribution < -0.4 is 5.32 Å². The molecule has 0 saturated heterocycles. The van der Waals surface area contributed by atoms with Crippen LogP contribution in [-0.2, 0) is 11.2 Å². The van der Waals surface area contributed by atoms with Gasteiger partial charge in [-0.15, -0.1) is 0 Å². The number of hydrogen-bond acceptors (Lipinski definition) is 3. The van der Waals surface area contributed by atoms with E-state index in [1.165, 1.54) is 0 Å². The van der Waals surface area contributed by atoms with Crippen LogP contribution in [0, 0.1) is 0 Å². The summed E-state index contributed by atoms with van der Waals surface area (Å²) in [6, 6.07) is 5.49. The summed E-state index contributed by atoms with van der Waals surface area (Å²) in [5, 5.41) is 12.3. The summed E-state index contributed by atoms with van der Waals surface area (Å²) in [4.78, 5) is 15.9. The fraction of sp³-hybridized carbons (Fsp3) is 0.538. The van der Waals surface area contributed by atoms with Crippen LogP contribution in [0.25, 0.3) is 0 Å². The van der Waals surface area contributed by atoms with Crippen molar-refractivity contribution in [2.75, 3.05) is 6.61 Å². The molecule has 1 rings (SSSR count). The number of pyridine rings is 1. The van der Waals surface area contributed by atoms with Gasteiger partial charge in [0.25, 0.3) is 0 Å². The summed E-state index contributed by atoms with van der Waals surface area (Å²) in [6.45, 7) is 3.88. The maximum Gasteiger partial charge on any atom is 0.226 e. The number of carbonyl (C=O) groups excluding carboxylic acids is 1. The van der Waals surface area contributed by atoms with Crippen molar-refractivity contribution in [2.45, 2.75) is 38.6 Å². The van der Waals surface area contributed by atoms with Gasteiger partial charge in [-0.1, -0.05) is 19.9 Å². The number of nitrogens with one attached hydrogen (secondary N) is 1. The fourth-order valence-electron chi connectivity index (χ4n) is 1.70. The first-order valence-corrected chi connectivity index (χ1v) is 5.97. The second kappa shape index (κ2) is 6.35. The zero-order valence-electron chi connectivity index (χ0n) is 10.4. The number of aliphatic hydroxyl groups excluding tert-OH is 1. The van der Waals surface area contributed by atoms with E-state index >= 15 is 0 Å². The minimum Gasteiger partial charge on any atom is -0.394 e. The second-order valence-electron chi connectivity index (χ2n) is 4.19. The molecule has 2 N–H and O–H groups in total. The number of nitrogens with zero attached hydrogens (tertiary/aromatic N) is 1. The first-order chi connectivity index (χ1) is 8.15. The molecule has 1 heterocycles. The Labute approximate surface area is 102 Å². The molecule has 1 aromatic rings. The molecule has 0 aliphatic carbocycles. The van der Waals surface area contributed by atoms with E-state index in [1.54, 1.807) is 6.20 Å². The van der Waals surface area contributed by atoms with E-state index in [0.29, 0.717) is 12.8 Å². The molecule has 0 bridgehead atoms. The molecule has 1 amide bonds. The molecule has 0 aliphatic heterocycles. The number of carbonyl (C=O) groups is 1. The van der Waals surface area contributed by atoms with Crippen LogP contribution in [0.2, 0.25) is 0 Å². The fourth-order valence-corrected chi connectivity index (χ4v) is 1.70. The van der Waals surface area contributed by atoms with E-state index in [0.717, 1.165) is 5.69 Å². The number of hydrogen-bond donors (Lipinski definition) is 2. The molecule has 0 aromatic carbocycles. The Morgan fingerprint density at radius 2 is 2.12 bits per heavy atom. The van der Waals surface area contributed by atoms with Crippen molar-refractivity contribution >= 4 is 5.91 Å². The van der Waals surface area contributed by atoms with Crippen LogP contribution in [0.1, 0.15) is 32.4 Å². The first kappa shape index (κ1) is 13.6. The van der Waals surface area contributed by atoms with E-state index < -0.39 is 5.54 Å². The average Bonchev–Trinajstić information content (AvgIpc) is 2.37. The summed E-state index contributed by atoms with van der Waals surface area (Å²) in [6.07, 6.45) is 3.35. The summed E-state index contributed by atoms with van der Waals surface area (Å²) in [5.41, 5.74) is 0.246. The summed E-state index contributed by atoms with van der Waals surface area (Å²) >= 11 is 0. The van der Waals surface area contributed by atoms with Crippen LogP contribution in [-0.4, -0.2) is 28.1 Å². The molecule has 4 nitrogen and oxygen atoms in total. The van der Waals surface area contributed by atoms with E-state index in [9.17, 15) is 9.90 Å². The van der Waals surface area contributed by atoms with Crippen LogP contribution >= 0.6 is 0 Å². The van der Waals surface area contributed by atoms with Gasteiger partial charge in [-0.05, 0) is 25.0 Å². The van der Waals surface area contributed by atoms with E-state index in [-0.39, 0.29) is 18.9 Å². The Morgan fingerprint density at radius 3 is 2.59 bits per heavy atom. The first-order valence-electron chi connectivity index (χ1n) is 5.97. The lowest BCUT2D eigenvalue weighted by atomic mass is 9.93. The molecule has 0 saturated carbocycles. The lowest BCUT2D eigenvalue weighted by Crippen LogP contribution is -2.51. The maximum absolute atomic E-state index is 11.8. The van der Waals surface area contributed by atoms with Gasteiger partial charge >= 0.3 is 0 Å². The van der Waals surface area contributed by atoms with Gasteiger partial charge in [-0.25, -0.2) is 0 Å². The highest BCUT2D eigenvalue weighted by Gasteiger charge is 2.26. The Hall–Kier alpha value is -1.42. The molecule has 0 atom stereocenters. The van der Waals surface area contributed by atoms with Gasteiger partial charge in [-0.3, -0.25) is 9.78 Å². The molecule has 0 unspecified atom stereocenters. The standard InChI is InChI=1S/C13H20N2O2/c1-3-13(4-2,10-16)15-12(17)9-11-7-5-6-8-14-11/h5-8,16H,3-4,9-10H2,1-2H3,(H,15,17). The van der Waals surface area contributed by atoms with Crippen molar-refractivity contribution in [1.29, 1.82) is 0 Å². The van der Waals surface area contributed by atoms with Crippen LogP contribution in [0.3, 0.4) is 0 Å². The molecule has 94 valence electrons. The molecule has 0 fully saturated rings. The van der Waals surface area contributed by atoms with Crippen molar-refractivity contribution in [3.8, 4) is 0 Å². The van der Waals surface area contributed by atoms with Gasteiger partial charge in [0.2, 0.25) is 5.91 Å². The molecule has 1 aromatic heterocycles. The monoisotopic (exact) mass is 236 g/mol. The predicted octanol–water partition coefficient (Wildman–Crippen LogP) is 1.29. The zero-order valence-corrected chi connectivity index (χ0v) is 10.4. The highest BCUT2D eigenvalue weighted by atomic mass is 16.3. The molecule has 0 radical (unpaired) electrons. The van der Waals surface area contributed by atoms with Gasteiger partial charge in [0.1, 0.15) is 0 Å². The Kier molecular flexibility index (Phi) is 5.10. The molecular formula is C13H20N2O2. The van der Waals surface area contributed by atoms with E-state index in [4.69, 9.17) is 0 Å². The summed E-state index contributed by atoms with van der Waals surface area (Å²) in [5.74, 6) is -0.0959. The smallest absolute Gasteiger partial charge is 0.226 e. The lowest BCUT2D eigenvalue weighted by Gasteiger charge is -2.30. The van der Waals surface area contributed by atoms with Crippen molar-refractivity contribution in [2.24, 2.45) is 0 Å². The van der Waals surface area contributed by atoms with Gasteiger partial charge < -0.3 is 10.4 Å². The van der Waals surface area contributed by atoms with Crippen molar-refractivity contribution in [3.63, 3.8) is 0 Å². The second-order valence-corrected chi connectivity index (χ2v) is 4.19. The Morgan fingerprint density at radius 1 is 1.41 bits per heavy atom. The maximum atomic E-state index is 11.8. The number of rotatable bonds is 6. The Balaban J connectivity index is 2.60. The van der Waals surface area contributed by atoms with E-state index in [2.05, 4.69) is 10.3 Å².